The molecule has 1 heterocycles. The van der Waals surface area contributed by atoms with Gasteiger partial charge in [-0.2, -0.15) is 0 Å². The summed E-state index contributed by atoms with van der Waals surface area (Å²) >= 11 is 6.09. The third-order valence-corrected chi connectivity index (χ3v) is 3.84. The molecule has 0 spiro atoms. The average Bonchev–Trinajstić information content (AvgIpc) is 2.79. The SMILES string of the molecule is COc1ccc(Cl)cc1-c1c(C(C)C(C)C)noc1N. The Morgan fingerprint density at radius 3 is 2.60 bits per heavy atom. The van der Waals surface area contributed by atoms with Crippen molar-refractivity contribution >= 4 is 17.5 Å². The Hall–Kier alpha value is -1.68. The predicted molar refractivity (Wildman–Crippen MR) is 81.2 cm³/mol. The lowest BCUT2D eigenvalue weighted by Crippen LogP contribution is -2.04. The first-order valence-electron chi connectivity index (χ1n) is 6.54. The standard InChI is InChI=1S/C15H19ClN2O2/c1-8(2)9(3)14-13(15(17)20-18-14)11-7-10(16)5-6-12(11)19-4/h5-9H,17H2,1-4H3. The second-order valence-electron chi connectivity index (χ2n) is 5.18. The van der Waals surface area contributed by atoms with E-state index in [1.54, 1.807) is 13.2 Å². The first kappa shape index (κ1) is 14.7. The maximum atomic E-state index is 6.09. The molecular formula is C15H19ClN2O2. The topological polar surface area (TPSA) is 61.3 Å². The highest BCUT2D eigenvalue weighted by Crippen LogP contribution is 2.41. The first-order valence-corrected chi connectivity index (χ1v) is 6.92. The van der Waals surface area contributed by atoms with Crippen molar-refractivity contribution in [2.45, 2.75) is 26.7 Å². The normalized spacial score (nSPS) is 12.7. The summed E-state index contributed by atoms with van der Waals surface area (Å²) in [6.45, 7) is 6.37. The summed E-state index contributed by atoms with van der Waals surface area (Å²) < 4.78 is 10.6. The van der Waals surface area contributed by atoms with Crippen molar-refractivity contribution in [2.75, 3.05) is 12.8 Å². The molecule has 0 saturated carbocycles. The highest BCUT2D eigenvalue weighted by atomic mass is 35.5. The van der Waals surface area contributed by atoms with Gasteiger partial charge in [0, 0.05) is 16.5 Å². The molecule has 0 amide bonds. The number of rotatable bonds is 4. The summed E-state index contributed by atoms with van der Waals surface area (Å²) in [5, 5.41) is 4.74. The molecule has 0 radical (unpaired) electrons. The molecule has 4 nitrogen and oxygen atoms in total. The second kappa shape index (κ2) is 5.75. The van der Waals surface area contributed by atoms with E-state index in [4.69, 9.17) is 26.6 Å². The van der Waals surface area contributed by atoms with Gasteiger partial charge in [0.15, 0.2) is 0 Å². The van der Waals surface area contributed by atoms with Gasteiger partial charge in [0.05, 0.1) is 18.4 Å². The summed E-state index contributed by atoms with van der Waals surface area (Å²) in [5.74, 6) is 1.62. The highest BCUT2D eigenvalue weighted by molar-refractivity contribution is 6.31. The second-order valence-corrected chi connectivity index (χ2v) is 5.62. The number of nitrogens with zero attached hydrogens (tertiary/aromatic N) is 1. The minimum atomic E-state index is 0.217. The molecule has 2 aromatic rings. The summed E-state index contributed by atoms with van der Waals surface area (Å²) in [5.41, 5.74) is 8.36. The lowest BCUT2D eigenvalue weighted by Gasteiger charge is -2.15. The summed E-state index contributed by atoms with van der Waals surface area (Å²) in [4.78, 5) is 0. The summed E-state index contributed by atoms with van der Waals surface area (Å²) in [6, 6.07) is 5.41. The third-order valence-electron chi connectivity index (χ3n) is 3.61. The molecule has 1 aromatic heterocycles. The molecule has 2 N–H and O–H groups in total. The molecule has 1 aromatic carbocycles. The van der Waals surface area contributed by atoms with E-state index >= 15 is 0 Å². The minimum absolute atomic E-state index is 0.217. The van der Waals surface area contributed by atoms with Crippen molar-refractivity contribution in [3.05, 3.63) is 28.9 Å². The fourth-order valence-electron chi connectivity index (χ4n) is 2.09. The van der Waals surface area contributed by atoms with E-state index in [-0.39, 0.29) is 11.8 Å². The number of ether oxygens (including phenoxy) is 1. The van der Waals surface area contributed by atoms with E-state index in [0.717, 1.165) is 16.8 Å². The predicted octanol–water partition coefficient (Wildman–Crippen LogP) is 4.35. The average molecular weight is 295 g/mol. The molecule has 5 heteroatoms. The smallest absolute Gasteiger partial charge is 0.230 e. The van der Waals surface area contributed by atoms with Gasteiger partial charge in [-0.15, -0.1) is 0 Å². The van der Waals surface area contributed by atoms with Gasteiger partial charge in [-0.05, 0) is 24.1 Å². The van der Waals surface area contributed by atoms with E-state index < -0.39 is 0 Å². The molecule has 1 unspecified atom stereocenters. The first-order chi connectivity index (χ1) is 9.45. The van der Waals surface area contributed by atoms with Gasteiger partial charge in [0.2, 0.25) is 5.88 Å². The molecule has 0 bridgehead atoms. The summed E-state index contributed by atoms with van der Waals surface area (Å²) in [7, 11) is 1.61. The van der Waals surface area contributed by atoms with Crippen LogP contribution >= 0.6 is 11.6 Å². The quantitative estimate of drug-likeness (QED) is 0.911. The largest absolute Gasteiger partial charge is 0.496 e. The van der Waals surface area contributed by atoms with Gasteiger partial charge in [0.1, 0.15) is 5.75 Å². The van der Waals surface area contributed by atoms with Crippen LogP contribution in [0.15, 0.2) is 22.7 Å². The van der Waals surface area contributed by atoms with Gasteiger partial charge in [-0.25, -0.2) is 0 Å². The van der Waals surface area contributed by atoms with E-state index in [1.807, 2.05) is 12.1 Å². The van der Waals surface area contributed by atoms with Crippen LogP contribution in [0.1, 0.15) is 32.4 Å². The van der Waals surface area contributed by atoms with Crippen molar-refractivity contribution in [1.29, 1.82) is 0 Å². The number of nitrogen functional groups attached to an aromatic ring is 1. The number of hydrogen-bond donors (Lipinski definition) is 1. The number of aromatic nitrogens is 1. The number of methoxy groups -OCH3 is 1. The van der Waals surface area contributed by atoms with Crippen LogP contribution in [0, 0.1) is 5.92 Å². The van der Waals surface area contributed by atoms with Gasteiger partial charge < -0.3 is 15.0 Å². The lowest BCUT2D eigenvalue weighted by atomic mass is 9.90. The zero-order valence-electron chi connectivity index (χ0n) is 12.1. The zero-order valence-corrected chi connectivity index (χ0v) is 12.9. The van der Waals surface area contributed by atoms with Crippen LogP contribution in [0.4, 0.5) is 5.88 Å². The monoisotopic (exact) mass is 294 g/mol. The Labute approximate surface area is 123 Å². The number of anilines is 1. The Morgan fingerprint density at radius 1 is 1.30 bits per heavy atom. The fraction of sp³-hybridized carbons (Fsp3) is 0.400. The van der Waals surface area contributed by atoms with E-state index in [2.05, 4.69) is 25.9 Å². The Morgan fingerprint density at radius 2 is 2.00 bits per heavy atom. The number of hydrogen-bond acceptors (Lipinski definition) is 4. The summed E-state index contributed by atoms with van der Waals surface area (Å²) in [6.07, 6.45) is 0. The van der Waals surface area contributed by atoms with Crippen LogP contribution in [-0.2, 0) is 0 Å². The van der Waals surface area contributed by atoms with E-state index in [9.17, 15) is 0 Å². The van der Waals surface area contributed by atoms with Gasteiger partial charge in [-0.1, -0.05) is 37.5 Å². The molecule has 0 fully saturated rings. The Balaban J connectivity index is 2.63. The third kappa shape index (κ3) is 2.61. The van der Waals surface area contributed by atoms with Crippen molar-refractivity contribution in [3.63, 3.8) is 0 Å². The van der Waals surface area contributed by atoms with Crippen LogP contribution < -0.4 is 10.5 Å². The number of nitrogens with two attached hydrogens (primary N) is 1. The lowest BCUT2D eigenvalue weighted by molar-refractivity contribution is 0.407. The van der Waals surface area contributed by atoms with Crippen LogP contribution in [0.3, 0.4) is 0 Å². The number of halogens is 1. The molecule has 108 valence electrons. The van der Waals surface area contributed by atoms with Crippen molar-refractivity contribution in [1.82, 2.24) is 5.16 Å². The van der Waals surface area contributed by atoms with E-state index in [1.165, 1.54) is 0 Å². The van der Waals surface area contributed by atoms with Crippen molar-refractivity contribution in [3.8, 4) is 16.9 Å². The van der Waals surface area contributed by atoms with E-state index in [0.29, 0.717) is 16.7 Å². The van der Waals surface area contributed by atoms with Gasteiger partial charge in [-0.3, -0.25) is 0 Å². The number of benzene rings is 1. The molecule has 0 saturated heterocycles. The van der Waals surface area contributed by atoms with Gasteiger partial charge >= 0.3 is 0 Å². The molecule has 1 atom stereocenters. The van der Waals surface area contributed by atoms with Crippen molar-refractivity contribution in [2.24, 2.45) is 5.92 Å². The molecule has 0 aliphatic carbocycles. The molecule has 0 aliphatic heterocycles. The van der Waals surface area contributed by atoms with Gasteiger partial charge in [0.25, 0.3) is 0 Å². The molecule has 2 rings (SSSR count). The maximum absolute atomic E-state index is 6.09. The molecule has 20 heavy (non-hydrogen) atoms. The Kier molecular flexibility index (Phi) is 4.23. The minimum Gasteiger partial charge on any atom is -0.496 e. The van der Waals surface area contributed by atoms with Crippen LogP contribution in [0.2, 0.25) is 5.02 Å². The van der Waals surface area contributed by atoms with Crippen molar-refractivity contribution < 1.29 is 9.26 Å². The van der Waals surface area contributed by atoms with Crippen LogP contribution in [0.25, 0.3) is 11.1 Å². The maximum Gasteiger partial charge on any atom is 0.230 e. The van der Waals surface area contributed by atoms with Crippen LogP contribution in [-0.4, -0.2) is 12.3 Å². The zero-order chi connectivity index (χ0) is 14.9. The Bertz CT molecular complexity index is 608. The fourth-order valence-corrected chi connectivity index (χ4v) is 2.26. The van der Waals surface area contributed by atoms with Crippen LogP contribution in [0.5, 0.6) is 5.75 Å². The highest BCUT2D eigenvalue weighted by Gasteiger charge is 2.25. The molecule has 0 aliphatic rings. The molecular weight excluding hydrogens is 276 g/mol.